The third-order valence-corrected chi connectivity index (χ3v) is 3.11. The van der Waals surface area contributed by atoms with Crippen molar-refractivity contribution in [1.29, 1.82) is 5.26 Å². The minimum Gasteiger partial charge on any atom is -0.496 e. The molecule has 0 saturated carbocycles. The van der Waals surface area contributed by atoms with Crippen LogP contribution in [0.2, 0.25) is 0 Å². The molecule has 0 heterocycles. The van der Waals surface area contributed by atoms with Crippen LogP contribution in [-0.2, 0) is 6.54 Å². The van der Waals surface area contributed by atoms with E-state index < -0.39 is 0 Å². The molecule has 20 heavy (non-hydrogen) atoms. The number of anilines is 1. The number of ether oxygens (including phenoxy) is 1. The second-order valence-corrected chi connectivity index (χ2v) is 4.87. The Balaban J connectivity index is 2.19. The fourth-order valence-electron chi connectivity index (χ4n) is 2.26. The number of hydrogen-bond donors (Lipinski definition) is 1. The van der Waals surface area contributed by atoms with Crippen LogP contribution in [0.4, 0.5) is 5.69 Å². The highest BCUT2D eigenvalue weighted by atomic mass is 16.5. The van der Waals surface area contributed by atoms with Gasteiger partial charge in [-0.25, -0.2) is 0 Å². The molecule has 3 heteroatoms. The lowest BCUT2D eigenvalue weighted by Crippen LogP contribution is -2.02. The van der Waals surface area contributed by atoms with Crippen molar-refractivity contribution in [2.24, 2.45) is 0 Å². The zero-order valence-electron chi connectivity index (χ0n) is 12.0. The van der Waals surface area contributed by atoms with Gasteiger partial charge >= 0.3 is 0 Å². The van der Waals surface area contributed by atoms with Crippen molar-refractivity contribution >= 4 is 5.69 Å². The number of hydrogen-bond acceptors (Lipinski definition) is 3. The number of nitriles is 1. The average Bonchev–Trinajstić information content (AvgIpc) is 2.43. The first kappa shape index (κ1) is 14.0. The summed E-state index contributed by atoms with van der Waals surface area (Å²) < 4.78 is 5.33. The van der Waals surface area contributed by atoms with E-state index in [2.05, 4.69) is 43.4 Å². The fourth-order valence-corrected chi connectivity index (χ4v) is 2.26. The van der Waals surface area contributed by atoms with Gasteiger partial charge in [0.05, 0.1) is 18.7 Å². The Kier molecular flexibility index (Phi) is 4.27. The predicted octanol–water partition coefficient (Wildman–Crippen LogP) is 3.80. The van der Waals surface area contributed by atoms with E-state index in [0.29, 0.717) is 12.1 Å². The number of aryl methyl sites for hydroxylation is 2. The molecular weight excluding hydrogens is 248 g/mol. The molecule has 0 aliphatic heterocycles. The van der Waals surface area contributed by atoms with E-state index in [-0.39, 0.29) is 0 Å². The standard InChI is InChI=1S/C17H18N2O/c1-12-6-13(2)8-16(7-12)19-11-15-9-14(10-18)4-5-17(15)20-3/h4-9,19H,11H2,1-3H3. The van der Waals surface area contributed by atoms with E-state index in [1.807, 2.05) is 12.1 Å². The van der Waals surface area contributed by atoms with Gasteiger partial charge in [0.25, 0.3) is 0 Å². The molecular formula is C17H18N2O. The van der Waals surface area contributed by atoms with Crippen molar-refractivity contribution in [2.75, 3.05) is 12.4 Å². The number of rotatable bonds is 4. The first-order chi connectivity index (χ1) is 9.62. The topological polar surface area (TPSA) is 45.0 Å². The van der Waals surface area contributed by atoms with Crippen LogP contribution in [0.3, 0.4) is 0 Å². The van der Waals surface area contributed by atoms with Crippen LogP contribution in [-0.4, -0.2) is 7.11 Å². The van der Waals surface area contributed by atoms with Crippen LogP contribution < -0.4 is 10.1 Å². The van der Waals surface area contributed by atoms with Crippen LogP contribution in [0.1, 0.15) is 22.3 Å². The maximum absolute atomic E-state index is 8.97. The van der Waals surface area contributed by atoms with E-state index in [0.717, 1.165) is 17.0 Å². The predicted molar refractivity (Wildman–Crippen MR) is 81.0 cm³/mol. The third-order valence-electron chi connectivity index (χ3n) is 3.11. The summed E-state index contributed by atoms with van der Waals surface area (Å²) in [5, 5.41) is 12.4. The molecule has 0 spiro atoms. The molecule has 2 aromatic carbocycles. The van der Waals surface area contributed by atoms with Gasteiger partial charge in [-0.05, 0) is 55.3 Å². The Labute approximate surface area is 119 Å². The lowest BCUT2D eigenvalue weighted by Gasteiger charge is -2.12. The molecule has 2 aromatic rings. The van der Waals surface area contributed by atoms with Crippen molar-refractivity contribution in [2.45, 2.75) is 20.4 Å². The van der Waals surface area contributed by atoms with Gasteiger partial charge in [0, 0.05) is 17.8 Å². The summed E-state index contributed by atoms with van der Waals surface area (Å²) in [7, 11) is 1.64. The molecule has 2 rings (SSSR count). The van der Waals surface area contributed by atoms with Gasteiger partial charge in [-0.2, -0.15) is 5.26 Å². The molecule has 1 N–H and O–H groups in total. The van der Waals surface area contributed by atoms with E-state index in [9.17, 15) is 0 Å². The minimum absolute atomic E-state index is 0.627. The first-order valence-corrected chi connectivity index (χ1v) is 6.51. The summed E-state index contributed by atoms with van der Waals surface area (Å²) in [5.41, 5.74) is 5.15. The van der Waals surface area contributed by atoms with E-state index in [1.165, 1.54) is 11.1 Å². The Morgan fingerprint density at radius 2 is 1.80 bits per heavy atom. The summed E-state index contributed by atoms with van der Waals surface area (Å²) in [4.78, 5) is 0. The fraction of sp³-hybridized carbons (Fsp3) is 0.235. The van der Waals surface area contributed by atoms with E-state index in [1.54, 1.807) is 13.2 Å². The molecule has 0 aliphatic rings. The Morgan fingerprint density at radius 1 is 1.10 bits per heavy atom. The quantitative estimate of drug-likeness (QED) is 0.915. The molecule has 0 radical (unpaired) electrons. The highest BCUT2D eigenvalue weighted by molar-refractivity contribution is 5.50. The largest absolute Gasteiger partial charge is 0.496 e. The van der Waals surface area contributed by atoms with Crippen LogP contribution in [0.25, 0.3) is 0 Å². The number of methoxy groups -OCH3 is 1. The Morgan fingerprint density at radius 3 is 2.40 bits per heavy atom. The van der Waals surface area contributed by atoms with Crippen LogP contribution in [0.5, 0.6) is 5.75 Å². The molecule has 0 aromatic heterocycles. The van der Waals surface area contributed by atoms with Crippen LogP contribution >= 0.6 is 0 Å². The van der Waals surface area contributed by atoms with E-state index >= 15 is 0 Å². The lowest BCUT2D eigenvalue weighted by atomic mass is 10.1. The zero-order valence-corrected chi connectivity index (χ0v) is 12.0. The number of nitrogens with one attached hydrogen (secondary N) is 1. The molecule has 0 atom stereocenters. The maximum Gasteiger partial charge on any atom is 0.123 e. The molecule has 0 fully saturated rings. The van der Waals surface area contributed by atoms with Crippen molar-refractivity contribution in [1.82, 2.24) is 0 Å². The Bertz CT molecular complexity index is 636. The van der Waals surface area contributed by atoms with Crippen molar-refractivity contribution in [3.8, 4) is 11.8 Å². The normalized spacial score (nSPS) is 9.90. The first-order valence-electron chi connectivity index (χ1n) is 6.51. The van der Waals surface area contributed by atoms with Gasteiger partial charge in [0.2, 0.25) is 0 Å². The molecule has 0 amide bonds. The summed E-state index contributed by atoms with van der Waals surface area (Å²) >= 11 is 0. The van der Waals surface area contributed by atoms with E-state index in [4.69, 9.17) is 10.00 Å². The molecule has 0 unspecified atom stereocenters. The van der Waals surface area contributed by atoms with Gasteiger partial charge in [-0.3, -0.25) is 0 Å². The molecule has 0 saturated heterocycles. The van der Waals surface area contributed by atoms with Crippen molar-refractivity contribution < 1.29 is 4.74 Å². The number of nitrogens with zero attached hydrogens (tertiary/aromatic N) is 1. The van der Waals surface area contributed by atoms with Crippen molar-refractivity contribution in [3.05, 3.63) is 58.7 Å². The summed E-state index contributed by atoms with van der Waals surface area (Å²) in [5.74, 6) is 0.792. The number of benzene rings is 2. The molecule has 0 bridgehead atoms. The van der Waals surface area contributed by atoms with Gasteiger partial charge in [-0.15, -0.1) is 0 Å². The summed E-state index contributed by atoms with van der Waals surface area (Å²) in [6.07, 6.45) is 0. The minimum atomic E-state index is 0.627. The van der Waals surface area contributed by atoms with Gasteiger partial charge < -0.3 is 10.1 Å². The van der Waals surface area contributed by atoms with Gasteiger partial charge in [0.1, 0.15) is 5.75 Å². The second-order valence-electron chi connectivity index (χ2n) is 4.87. The SMILES string of the molecule is COc1ccc(C#N)cc1CNc1cc(C)cc(C)c1. The highest BCUT2D eigenvalue weighted by Gasteiger charge is 2.05. The Hall–Kier alpha value is -2.47. The summed E-state index contributed by atoms with van der Waals surface area (Å²) in [6, 6.07) is 14.0. The molecule has 102 valence electrons. The molecule has 0 aliphatic carbocycles. The van der Waals surface area contributed by atoms with Gasteiger partial charge in [0.15, 0.2) is 0 Å². The lowest BCUT2D eigenvalue weighted by molar-refractivity contribution is 0.410. The smallest absolute Gasteiger partial charge is 0.123 e. The second kappa shape index (κ2) is 6.12. The van der Waals surface area contributed by atoms with Crippen LogP contribution in [0.15, 0.2) is 36.4 Å². The monoisotopic (exact) mass is 266 g/mol. The zero-order chi connectivity index (χ0) is 14.5. The van der Waals surface area contributed by atoms with Gasteiger partial charge in [-0.1, -0.05) is 6.07 Å². The van der Waals surface area contributed by atoms with Crippen molar-refractivity contribution in [3.63, 3.8) is 0 Å². The third kappa shape index (κ3) is 3.30. The summed E-state index contributed by atoms with van der Waals surface area (Å²) in [6.45, 7) is 4.78. The maximum atomic E-state index is 8.97. The molecule has 3 nitrogen and oxygen atoms in total. The average molecular weight is 266 g/mol. The van der Waals surface area contributed by atoms with Crippen LogP contribution in [0, 0.1) is 25.2 Å². The highest BCUT2D eigenvalue weighted by Crippen LogP contribution is 2.22.